The van der Waals surface area contributed by atoms with Gasteiger partial charge in [-0.05, 0) is 12.0 Å². The number of hydrogen-bond acceptors (Lipinski definition) is 1. The third-order valence-corrected chi connectivity index (χ3v) is 4.28. The SMILES string of the molecule is CCCCO[SiH2]C1CCCC1. The van der Waals surface area contributed by atoms with Crippen molar-refractivity contribution >= 4 is 9.76 Å². The maximum atomic E-state index is 5.70. The van der Waals surface area contributed by atoms with Gasteiger partial charge in [0.1, 0.15) is 0 Å². The fourth-order valence-corrected chi connectivity index (χ4v) is 3.29. The van der Waals surface area contributed by atoms with E-state index < -0.39 is 0 Å². The van der Waals surface area contributed by atoms with Gasteiger partial charge in [0.15, 0.2) is 9.76 Å². The zero-order chi connectivity index (χ0) is 7.94. The molecule has 0 bridgehead atoms. The van der Waals surface area contributed by atoms with Crippen LogP contribution < -0.4 is 0 Å². The normalized spacial score (nSPS) is 20.5. The second-order valence-corrected chi connectivity index (χ2v) is 5.48. The summed E-state index contributed by atoms with van der Waals surface area (Å²) in [4.78, 5) is 0. The largest absolute Gasteiger partial charge is 0.424 e. The molecule has 2 heteroatoms. The fraction of sp³-hybridized carbons (Fsp3) is 1.00. The molecule has 1 nitrogen and oxygen atoms in total. The highest BCUT2D eigenvalue weighted by Gasteiger charge is 2.15. The maximum absolute atomic E-state index is 5.70. The Balaban J connectivity index is 1.86. The average Bonchev–Trinajstić information content (AvgIpc) is 2.50. The third-order valence-electron chi connectivity index (χ3n) is 2.47. The molecule has 1 fully saturated rings. The lowest BCUT2D eigenvalue weighted by atomic mass is 10.4. The van der Waals surface area contributed by atoms with E-state index in [0.29, 0.717) is 0 Å². The van der Waals surface area contributed by atoms with E-state index in [2.05, 4.69) is 6.92 Å². The van der Waals surface area contributed by atoms with Crippen molar-refractivity contribution in [3.63, 3.8) is 0 Å². The van der Waals surface area contributed by atoms with Crippen molar-refractivity contribution in [2.45, 2.75) is 51.0 Å². The van der Waals surface area contributed by atoms with Gasteiger partial charge in [-0.15, -0.1) is 0 Å². The molecule has 0 aromatic heterocycles. The van der Waals surface area contributed by atoms with Crippen molar-refractivity contribution in [3.8, 4) is 0 Å². The van der Waals surface area contributed by atoms with Crippen LogP contribution in [0.5, 0.6) is 0 Å². The number of unbranched alkanes of at least 4 members (excludes halogenated alkanes) is 1. The Morgan fingerprint density at radius 1 is 1.36 bits per heavy atom. The summed E-state index contributed by atoms with van der Waals surface area (Å²) < 4.78 is 5.70. The molecule has 0 heterocycles. The van der Waals surface area contributed by atoms with Crippen LogP contribution in [0.15, 0.2) is 0 Å². The molecule has 66 valence electrons. The Morgan fingerprint density at radius 2 is 2.09 bits per heavy atom. The molecule has 0 N–H and O–H groups in total. The van der Waals surface area contributed by atoms with E-state index in [4.69, 9.17) is 4.43 Å². The lowest BCUT2D eigenvalue weighted by Gasteiger charge is -2.07. The lowest BCUT2D eigenvalue weighted by Crippen LogP contribution is -2.05. The summed E-state index contributed by atoms with van der Waals surface area (Å²) in [6, 6.07) is 0. The van der Waals surface area contributed by atoms with Crippen LogP contribution in [0.25, 0.3) is 0 Å². The second-order valence-electron chi connectivity index (χ2n) is 3.58. The van der Waals surface area contributed by atoms with E-state index in [-0.39, 0.29) is 9.76 Å². The van der Waals surface area contributed by atoms with Crippen LogP contribution in [0.1, 0.15) is 45.4 Å². The second kappa shape index (κ2) is 5.78. The Kier molecular flexibility index (Phi) is 4.87. The van der Waals surface area contributed by atoms with Crippen LogP contribution in [0.2, 0.25) is 5.54 Å². The smallest absolute Gasteiger partial charge is 0.164 e. The van der Waals surface area contributed by atoms with Gasteiger partial charge in [-0.2, -0.15) is 0 Å². The quantitative estimate of drug-likeness (QED) is 0.456. The fourth-order valence-electron chi connectivity index (χ4n) is 1.67. The highest BCUT2D eigenvalue weighted by molar-refractivity contribution is 6.29. The Morgan fingerprint density at radius 3 is 2.73 bits per heavy atom. The predicted octanol–water partition coefficient (Wildman–Crippen LogP) is 2.25. The number of hydrogen-bond donors (Lipinski definition) is 0. The monoisotopic (exact) mass is 172 g/mol. The minimum Gasteiger partial charge on any atom is -0.424 e. The Hall–Kier alpha value is 0.177. The van der Waals surface area contributed by atoms with Crippen LogP contribution in [-0.2, 0) is 4.43 Å². The molecule has 1 rings (SSSR count). The molecular weight excluding hydrogens is 152 g/mol. The van der Waals surface area contributed by atoms with Gasteiger partial charge in [0.25, 0.3) is 0 Å². The molecule has 1 aliphatic rings. The van der Waals surface area contributed by atoms with Gasteiger partial charge in [-0.1, -0.05) is 39.0 Å². The van der Waals surface area contributed by atoms with Crippen molar-refractivity contribution < 1.29 is 4.43 Å². The topological polar surface area (TPSA) is 9.23 Å². The molecule has 0 atom stereocenters. The molecule has 0 aromatic carbocycles. The summed E-state index contributed by atoms with van der Waals surface area (Å²) in [6.45, 7) is 3.26. The van der Waals surface area contributed by atoms with Crippen LogP contribution in [0, 0.1) is 0 Å². The van der Waals surface area contributed by atoms with Gasteiger partial charge in [-0.3, -0.25) is 0 Å². The lowest BCUT2D eigenvalue weighted by molar-refractivity contribution is 0.319. The van der Waals surface area contributed by atoms with Crippen LogP contribution in [0.4, 0.5) is 0 Å². The highest BCUT2D eigenvalue weighted by Crippen LogP contribution is 2.28. The van der Waals surface area contributed by atoms with E-state index in [9.17, 15) is 0 Å². The zero-order valence-corrected chi connectivity index (χ0v) is 9.06. The van der Waals surface area contributed by atoms with E-state index in [0.717, 1.165) is 12.1 Å². The Bertz CT molecular complexity index is 89.6. The molecule has 0 unspecified atom stereocenters. The minimum absolute atomic E-state index is 0.133. The zero-order valence-electron chi connectivity index (χ0n) is 7.64. The molecule has 0 aromatic rings. The summed E-state index contributed by atoms with van der Waals surface area (Å²) in [7, 11) is -0.133. The first-order valence-corrected chi connectivity index (χ1v) is 6.40. The predicted molar refractivity (Wildman–Crippen MR) is 51.6 cm³/mol. The van der Waals surface area contributed by atoms with E-state index in [1.165, 1.54) is 38.5 Å². The first kappa shape index (κ1) is 9.27. The van der Waals surface area contributed by atoms with E-state index in [1.54, 1.807) is 0 Å². The van der Waals surface area contributed by atoms with Crippen molar-refractivity contribution in [2.75, 3.05) is 6.61 Å². The average molecular weight is 172 g/mol. The van der Waals surface area contributed by atoms with Gasteiger partial charge in [0, 0.05) is 6.61 Å². The molecule has 0 aliphatic heterocycles. The van der Waals surface area contributed by atoms with Gasteiger partial charge in [0.05, 0.1) is 0 Å². The van der Waals surface area contributed by atoms with Gasteiger partial charge >= 0.3 is 0 Å². The molecule has 0 spiro atoms. The van der Waals surface area contributed by atoms with Crippen LogP contribution in [0.3, 0.4) is 0 Å². The van der Waals surface area contributed by atoms with E-state index >= 15 is 0 Å². The standard InChI is InChI=1S/C9H20OSi/c1-2-3-8-10-11-9-6-4-5-7-9/h9H,2-8,11H2,1H3. The highest BCUT2D eigenvalue weighted by atomic mass is 28.2. The molecule has 0 amide bonds. The summed E-state index contributed by atoms with van der Waals surface area (Å²) in [5.41, 5.74) is 1.03. The van der Waals surface area contributed by atoms with Crippen molar-refractivity contribution in [3.05, 3.63) is 0 Å². The first-order chi connectivity index (χ1) is 5.43. The van der Waals surface area contributed by atoms with Crippen LogP contribution in [-0.4, -0.2) is 16.4 Å². The summed E-state index contributed by atoms with van der Waals surface area (Å²) >= 11 is 0. The van der Waals surface area contributed by atoms with E-state index in [1.807, 2.05) is 0 Å². The molecule has 0 radical (unpaired) electrons. The molecule has 11 heavy (non-hydrogen) atoms. The molecule has 1 aliphatic carbocycles. The van der Waals surface area contributed by atoms with Crippen molar-refractivity contribution in [1.29, 1.82) is 0 Å². The van der Waals surface area contributed by atoms with Gasteiger partial charge in [0.2, 0.25) is 0 Å². The number of rotatable bonds is 5. The Labute approximate surface area is 72.5 Å². The van der Waals surface area contributed by atoms with Gasteiger partial charge < -0.3 is 4.43 Å². The summed E-state index contributed by atoms with van der Waals surface area (Å²) in [5.74, 6) is 0. The molecular formula is C9H20OSi. The van der Waals surface area contributed by atoms with Crippen LogP contribution >= 0.6 is 0 Å². The first-order valence-electron chi connectivity index (χ1n) is 5.01. The van der Waals surface area contributed by atoms with Gasteiger partial charge in [-0.25, -0.2) is 0 Å². The molecule has 0 saturated heterocycles. The minimum atomic E-state index is -0.133. The maximum Gasteiger partial charge on any atom is 0.164 e. The molecule has 1 saturated carbocycles. The third kappa shape index (κ3) is 3.92. The summed E-state index contributed by atoms with van der Waals surface area (Å²) in [5, 5.41) is 0. The summed E-state index contributed by atoms with van der Waals surface area (Å²) in [6.07, 6.45) is 8.42. The van der Waals surface area contributed by atoms with Crippen molar-refractivity contribution in [1.82, 2.24) is 0 Å². The van der Waals surface area contributed by atoms with Crippen molar-refractivity contribution in [2.24, 2.45) is 0 Å².